The minimum atomic E-state index is -0.667. The molecule has 2 atom stereocenters. The largest absolute Gasteiger partial charge is 0.481 e. The first kappa shape index (κ1) is 25.4. The third-order valence-corrected chi connectivity index (χ3v) is 6.51. The molecule has 2 unspecified atom stereocenters. The van der Waals surface area contributed by atoms with E-state index in [0.29, 0.717) is 31.2 Å². The first-order valence-corrected chi connectivity index (χ1v) is 12.6. The minimum absolute atomic E-state index is 0.163. The van der Waals surface area contributed by atoms with E-state index in [1.165, 1.54) is 11.1 Å². The number of amides is 2. The van der Waals surface area contributed by atoms with Crippen molar-refractivity contribution in [3.63, 3.8) is 0 Å². The zero-order valence-electron chi connectivity index (χ0n) is 21.5. The van der Waals surface area contributed by atoms with E-state index in [2.05, 4.69) is 61.4 Å². The first-order chi connectivity index (χ1) is 17.3. The van der Waals surface area contributed by atoms with Gasteiger partial charge < -0.3 is 15.0 Å². The lowest BCUT2D eigenvalue weighted by molar-refractivity contribution is -0.134. The number of hydrogen-bond donors (Lipinski definition) is 1. The third kappa shape index (κ3) is 6.11. The fraction of sp³-hybridized carbons (Fsp3) is 0.367. The van der Waals surface area contributed by atoms with Gasteiger partial charge >= 0.3 is 0 Å². The highest BCUT2D eigenvalue weighted by atomic mass is 16.5. The number of ether oxygens (including phenoxy) is 1. The topological polar surface area (TPSA) is 71.5 Å². The van der Waals surface area contributed by atoms with E-state index in [1.54, 1.807) is 19.3 Å². The molecule has 1 aliphatic rings. The van der Waals surface area contributed by atoms with Gasteiger partial charge in [-0.3, -0.25) is 14.6 Å². The van der Waals surface area contributed by atoms with Crippen molar-refractivity contribution in [1.82, 2.24) is 15.2 Å². The maximum Gasteiger partial charge on any atom is 0.261 e. The zero-order chi connectivity index (χ0) is 25.7. The molecule has 2 aromatic carbocycles. The smallest absolute Gasteiger partial charge is 0.261 e. The first-order valence-electron chi connectivity index (χ1n) is 12.6. The van der Waals surface area contributed by atoms with E-state index >= 15 is 0 Å². The Labute approximate surface area is 213 Å². The van der Waals surface area contributed by atoms with E-state index in [4.69, 9.17) is 4.74 Å². The van der Waals surface area contributed by atoms with Gasteiger partial charge in [0.1, 0.15) is 5.75 Å². The predicted octanol–water partition coefficient (Wildman–Crippen LogP) is 4.99. The minimum Gasteiger partial charge on any atom is -0.481 e. The molecule has 4 rings (SSSR count). The van der Waals surface area contributed by atoms with Gasteiger partial charge in [-0.05, 0) is 66.6 Å². The van der Waals surface area contributed by atoms with Gasteiger partial charge in [-0.25, -0.2) is 0 Å². The lowest BCUT2D eigenvalue weighted by Crippen LogP contribution is -2.41. The van der Waals surface area contributed by atoms with E-state index in [9.17, 15) is 9.59 Å². The molecular weight excluding hydrogens is 450 g/mol. The van der Waals surface area contributed by atoms with Gasteiger partial charge in [-0.1, -0.05) is 55.8 Å². The molecule has 0 fully saturated rings. The normalized spacial score (nSPS) is 15.8. The van der Waals surface area contributed by atoms with Crippen LogP contribution in [0.3, 0.4) is 0 Å². The van der Waals surface area contributed by atoms with E-state index in [-0.39, 0.29) is 17.9 Å². The molecule has 0 spiro atoms. The van der Waals surface area contributed by atoms with Gasteiger partial charge in [-0.2, -0.15) is 0 Å². The fourth-order valence-corrected chi connectivity index (χ4v) is 4.60. The molecule has 1 aromatic heterocycles. The summed E-state index contributed by atoms with van der Waals surface area (Å²) >= 11 is 0. The molecule has 188 valence electrons. The van der Waals surface area contributed by atoms with Gasteiger partial charge in [0, 0.05) is 31.9 Å². The van der Waals surface area contributed by atoms with Crippen LogP contribution < -0.4 is 10.1 Å². The second-order valence-electron chi connectivity index (χ2n) is 9.95. The number of carbonyl (C=O) groups is 2. The number of benzene rings is 2. The Bertz CT molecular complexity index is 1190. The van der Waals surface area contributed by atoms with Crippen LogP contribution in [-0.4, -0.2) is 34.3 Å². The van der Waals surface area contributed by atoms with Crippen molar-refractivity contribution in [2.24, 2.45) is 5.92 Å². The second kappa shape index (κ2) is 11.4. The van der Waals surface area contributed by atoms with Crippen LogP contribution >= 0.6 is 0 Å². The second-order valence-corrected chi connectivity index (χ2v) is 9.95. The van der Waals surface area contributed by atoms with Crippen LogP contribution in [0.5, 0.6) is 5.75 Å². The Morgan fingerprint density at radius 1 is 1.11 bits per heavy atom. The SMILES string of the molecule is Cc1ccc(C2c3cc(OC(C)C(=O)NCc4cccnc4)ccc3CCN2C(=O)CC(C)C)cc1. The summed E-state index contributed by atoms with van der Waals surface area (Å²) in [6.45, 7) is 9.03. The molecule has 0 saturated heterocycles. The number of aryl methyl sites for hydroxylation is 1. The summed E-state index contributed by atoms with van der Waals surface area (Å²) in [7, 11) is 0. The van der Waals surface area contributed by atoms with Crippen LogP contribution in [0.15, 0.2) is 67.0 Å². The molecule has 0 aliphatic carbocycles. The van der Waals surface area contributed by atoms with Crippen molar-refractivity contribution >= 4 is 11.8 Å². The summed E-state index contributed by atoms with van der Waals surface area (Å²) in [6, 6.07) is 17.9. The Morgan fingerprint density at radius 2 is 1.89 bits per heavy atom. The Balaban J connectivity index is 1.56. The Morgan fingerprint density at radius 3 is 2.58 bits per heavy atom. The molecule has 3 aromatic rings. The molecule has 6 nitrogen and oxygen atoms in total. The maximum atomic E-state index is 13.2. The van der Waals surface area contributed by atoms with Crippen LogP contribution in [0, 0.1) is 12.8 Å². The Hall–Kier alpha value is -3.67. The highest BCUT2D eigenvalue weighted by Crippen LogP contribution is 2.38. The van der Waals surface area contributed by atoms with Gasteiger partial charge in [0.05, 0.1) is 6.04 Å². The number of carbonyl (C=O) groups excluding carboxylic acids is 2. The molecule has 36 heavy (non-hydrogen) atoms. The molecule has 1 aliphatic heterocycles. The van der Waals surface area contributed by atoms with Gasteiger partial charge in [0.15, 0.2) is 6.10 Å². The van der Waals surface area contributed by atoms with Crippen LogP contribution in [-0.2, 0) is 22.6 Å². The van der Waals surface area contributed by atoms with Crippen molar-refractivity contribution < 1.29 is 14.3 Å². The molecule has 1 N–H and O–H groups in total. The molecule has 2 amide bonds. The summed E-state index contributed by atoms with van der Waals surface area (Å²) in [5.41, 5.74) is 5.45. The molecule has 2 heterocycles. The third-order valence-electron chi connectivity index (χ3n) is 6.51. The summed E-state index contributed by atoms with van der Waals surface area (Å²) in [5.74, 6) is 0.877. The van der Waals surface area contributed by atoms with Gasteiger partial charge in [-0.15, -0.1) is 0 Å². The number of nitrogens with zero attached hydrogens (tertiary/aromatic N) is 2. The lowest BCUT2D eigenvalue weighted by Gasteiger charge is -2.38. The summed E-state index contributed by atoms with van der Waals surface area (Å²) in [5, 5.41) is 2.90. The quantitative estimate of drug-likeness (QED) is 0.488. The average molecular weight is 486 g/mol. The molecule has 0 saturated carbocycles. The Kier molecular flexibility index (Phi) is 8.04. The fourth-order valence-electron chi connectivity index (χ4n) is 4.60. The standard InChI is InChI=1S/C30H35N3O3/c1-20(2)16-28(34)33-15-13-24-11-12-26(17-27(24)29(33)25-9-7-21(3)8-10-25)36-22(4)30(35)32-19-23-6-5-14-31-18-23/h5-12,14,17-18,20,22,29H,13,15-16,19H2,1-4H3,(H,32,35). The van der Waals surface area contributed by atoms with Crippen LogP contribution in [0.2, 0.25) is 0 Å². The van der Waals surface area contributed by atoms with Crippen molar-refractivity contribution in [2.45, 2.75) is 59.2 Å². The number of rotatable bonds is 8. The molecule has 0 radical (unpaired) electrons. The number of pyridine rings is 1. The lowest BCUT2D eigenvalue weighted by atomic mass is 9.87. The van der Waals surface area contributed by atoms with Crippen LogP contribution in [0.4, 0.5) is 0 Å². The number of aromatic nitrogens is 1. The number of hydrogen-bond acceptors (Lipinski definition) is 4. The zero-order valence-corrected chi connectivity index (χ0v) is 21.5. The van der Waals surface area contributed by atoms with Crippen LogP contribution in [0.25, 0.3) is 0 Å². The van der Waals surface area contributed by atoms with Crippen molar-refractivity contribution in [1.29, 1.82) is 0 Å². The average Bonchev–Trinajstić information content (AvgIpc) is 2.87. The maximum absolute atomic E-state index is 13.2. The highest BCUT2D eigenvalue weighted by Gasteiger charge is 2.32. The number of nitrogens with one attached hydrogen (secondary N) is 1. The molecule has 0 bridgehead atoms. The highest BCUT2D eigenvalue weighted by molar-refractivity contribution is 5.80. The van der Waals surface area contributed by atoms with Crippen molar-refractivity contribution in [2.75, 3.05) is 6.54 Å². The predicted molar refractivity (Wildman–Crippen MR) is 141 cm³/mol. The van der Waals surface area contributed by atoms with E-state index in [1.807, 2.05) is 29.2 Å². The monoisotopic (exact) mass is 485 g/mol. The summed E-state index contributed by atoms with van der Waals surface area (Å²) < 4.78 is 6.06. The van der Waals surface area contributed by atoms with E-state index in [0.717, 1.165) is 23.1 Å². The van der Waals surface area contributed by atoms with Crippen molar-refractivity contribution in [3.8, 4) is 5.75 Å². The molecule has 6 heteroatoms. The van der Waals surface area contributed by atoms with E-state index < -0.39 is 6.10 Å². The molecular formula is C30H35N3O3. The van der Waals surface area contributed by atoms with Crippen molar-refractivity contribution in [3.05, 3.63) is 94.8 Å². The number of fused-ring (bicyclic) bond motifs is 1. The van der Waals surface area contributed by atoms with Gasteiger partial charge in [0.25, 0.3) is 5.91 Å². The summed E-state index contributed by atoms with van der Waals surface area (Å²) in [6.07, 6.45) is 4.08. The van der Waals surface area contributed by atoms with Crippen LogP contribution in [0.1, 0.15) is 61.1 Å². The van der Waals surface area contributed by atoms with Gasteiger partial charge in [0.2, 0.25) is 5.91 Å². The summed E-state index contributed by atoms with van der Waals surface area (Å²) in [4.78, 5) is 32.0.